The van der Waals surface area contributed by atoms with Crippen molar-refractivity contribution in [2.24, 2.45) is 5.92 Å². The highest BCUT2D eigenvalue weighted by Crippen LogP contribution is 2.40. The van der Waals surface area contributed by atoms with Crippen LogP contribution in [-0.4, -0.2) is 18.2 Å². The average Bonchev–Trinajstić information content (AvgIpc) is 2.45. The number of carboxylic acid groups (broad SMARTS) is 1. The SMILES string of the molecule is COc1ccc(C(CC(=O)O)C2CCCCC2)cc1Cl. The van der Waals surface area contributed by atoms with Crippen molar-refractivity contribution in [1.82, 2.24) is 0 Å². The van der Waals surface area contributed by atoms with Gasteiger partial charge in [0.25, 0.3) is 0 Å². The standard InChI is InChI=1S/C16H21ClO3/c1-20-15-8-7-12(9-14(15)17)13(10-16(18)19)11-5-3-2-4-6-11/h7-9,11,13H,2-6,10H2,1H3,(H,18,19). The Bertz CT molecular complexity index is 467. The van der Waals surface area contributed by atoms with E-state index in [2.05, 4.69) is 0 Å². The Labute approximate surface area is 124 Å². The Morgan fingerprint density at radius 2 is 2.10 bits per heavy atom. The van der Waals surface area contributed by atoms with Crippen LogP contribution in [-0.2, 0) is 4.79 Å². The first kappa shape index (κ1) is 15.2. The van der Waals surface area contributed by atoms with Crippen LogP contribution < -0.4 is 4.74 Å². The summed E-state index contributed by atoms with van der Waals surface area (Å²) in [4.78, 5) is 11.2. The molecule has 0 aromatic heterocycles. The van der Waals surface area contributed by atoms with E-state index in [4.69, 9.17) is 16.3 Å². The predicted octanol–water partition coefficient (Wildman–Crippen LogP) is 4.49. The van der Waals surface area contributed by atoms with E-state index >= 15 is 0 Å². The average molecular weight is 297 g/mol. The van der Waals surface area contributed by atoms with Crippen molar-refractivity contribution < 1.29 is 14.6 Å². The van der Waals surface area contributed by atoms with Crippen LogP contribution in [0.1, 0.15) is 50.0 Å². The molecule has 1 fully saturated rings. The highest BCUT2D eigenvalue weighted by atomic mass is 35.5. The number of methoxy groups -OCH3 is 1. The molecule has 0 aliphatic heterocycles. The molecule has 20 heavy (non-hydrogen) atoms. The second-order valence-electron chi connectivity index (χ2n) is 5.50. The molecule has 1 unspecified atom stereocenters. The Kier molecular flexibility index (Phi) is 5.30. The summed E-state index contributed by atoms with van der Waals surface area (Å²) >= 11 is 6.18. The first-order chi connectivity index (χ1) is 9.61. The first-order valence-electron chi connectivity index (χ1n) is 7.17. The number of benzene rings is 1. The zero-order valence-electron chi connectivity index (χ0n) is 11.8. The third-order valence-corrected chi connectivity index (χ3v) is 4.51. The van der Waals surface area contributed by atoms with Crippen molar-refractivity contribution in [2.45, 2.75) is 44.4 Å². The van der Waals surface area contributed by atoms with Crippen LogP contribution in [0.3, 0.4) is 0 Å². The lowest BCUT2D eigenvalue weighted by Crippen LogP contribution is -2.19. The first-order valence-corrected chi connectivity index (χ1v) is 7.55. The van der Waals surface area contributed by atoms with E-state index in [1.807, 2.05) is 18.2 Å². The monoisotopic (exact) mass is 296 g/mol. The van der Waals surface area contributed by atoms with Gasteiger partial charge < -0.3 is 9.84 Å². The smallest absolute Gasteiger partial charge is 0.303 e. The molecule has 0 bridgehead atoms. The lowest BCUT2D eigenvalue weighted by Gasteiger charge is -2.30. The molecule has 0 saturated heterocycles. The summed E-state index contributed by atoms with van der Waals surface area (Å²) in [7, 11) is 1.58. The fraction of sp³-hybridized carbons (Fsp3) is 0.562. The summed E-state index contributed by atoms with van der Waals surface area (Å²) < 4.78 is 5.16. The maximum atomic E-state index is 11.2. The zero-order valence-corrected chi connectivity index (χ0v) is 12.5. The summed E-state index contributed by atoms with van der Waals surface area (Å²) in [6.07, 6.45) is 6.06. The van der Waals surface area contributed by atoms with Crippen LogP contribution >= 0.6 is 11.6 Å². The fourth-order valence-corrected chi connectivity index (χ4v) is 3.46. The van der Waals surface area contributed by atoms with Gasteiger partial charge in [-0.05, 0) is 42.4 Å². The van der Waals surface area contributed by atoms with E-state index in [9.17, 15) is 9.90 Å². The van der Waals surface area contributed by atoms with Crippen LogP contribution in [0.5, 0.6) is 5.75 Å². The molecule has 4 heteroatoms. The summed E-state index contributed by atoms with van der Waals surface area (Å²) in [5.41, 5.74) is 1.02. The molecule has 1 saturated carbocycles. The van der Waals surface area contributed by atoms with Crippen LogP contribution in [0.2, 0.25) is 5.02 Å². The quantitative estimate of drug-likeness (QED) is 0.871. The number of carboxylic acids is 1. The summed E-state index contributed by atoms with van der Waals surface area (Å²) in [5.74, 6) is 0.390. The Balaban J connectivity index is 2.25. The largest absolute Gasteiger partial charge is 0.495 e. The van der Waals surface area contributed by atoms with E-state index in [1.54, 1.807) is 7.11 Å². The molecule has 1 aliphatic carbocycles. The lowest BCUT2D eigenvalue weighted by atomic mass is 9.75. The minimum atomic E-state index is -0.743. The number of hydrogen-bond donors (Lipinski definition) is 1. The molecule has 110 valence electrons. The van der Waals surface area contributed by atoms with Gasteiger partial charge in [0.1, 0.15) is 5.75 Å². The molecule has 1 aromatic carbocycles. The highest BCUT2D eigenvalue weighted by molar-refractivity contribution is 6.32. The number of hydrogen-bond acceptors (Lipinski definition) is 2. The minimum Gasteiger partial charge on any atom is -0.495 e. The number of rotatable bonds is 5. The number of ether oxygens (including phenoxy) is 1. The topological polar surface area (TPSA) is 46.5 Å². The van der Waals surface area contributed by atoms with Gasteiger partial charge in [0.05, 0.1) is 18.6 Å². The molecule has 1 aromatic rings. The second kappa shape index (κ2) is 6.98. The molecule has 1 aliphatic rings. The van der Waals surface area contributed by atoms with Crippen molar-refractivity contribution in [3.63, 3.8) is 0 Å². The van der Waals surface area contributed by atoms with Crippen LogP contribution in [0.25, 0.3) is 0 Å². The Hall–Kier alpha value is -1.22. The van der Waals surface area contributed by atoms with Crippen molar-refractivity contribution >= 4 is 17.6 Å². The molecular formula is C16H21ClO3. The van der Waals surface area contributed by atoms with Crippen LogP contribution in [0, 0.1) is 5.92 Å². The molecule has 1 atom stereocenters. The molecule has 0 heterocycles. The maximum Gasteiger partial charge on any atom is 0.303 e. The van der Waals surface area contributed by atoms with Crippen LogP contribution in [0.4, 0.5) is 0 Å². The second-order valence-corrected chi connectivity index (χ2v) is 5.90. The minimum absolute atomic E-state index is 0.0520. The van der Waals surface area contributed by atoms with Gasteiger partial charge in [-0.2, -0.15) is 0 Å². The molecular weight excluding hydrogens is 276 g/mol. The molecule has 0 radical (unpaired) electrons. The Morgan fingerprint density at radius 3 is 2.65 bits per heavy atom. The number of halogens is 1. The maximum absolute atomic E-state index is 11.2. The third-order valence-electron chi connectivity index (χ3n) is 4.22. The summed E-state index contributed by atoms with van der Waals surface area (Å²) in [6, 6.07) is 5.64. The molecule has 3 nitrogen and oxygen atoms in total. The third kappa shape index (κ3) is 3.66. The highest BCUT2D eigenvalue weighted by Gasteiger charge is 2.27. The van der Waals surface area contributed by atoms with E-state index in [0.29, 0.717) is 16.7 Å². The zero-order chi connectivity index (χ0) is 14.5. The fourth-order valence-electron chi connectivity index (χ4n) is 3.19. The van der Waals surface area contributed by atoms with Gasteiger partial charge in [0.15, 0.2) is 0 Å². The van der Waals surface area contributed by atoms with Gasteiger partial charge in [-0.15, -0.1) is 0 Å². The normalized spacial score (nSPS) is 17.7. The van der Waals surface area contributed by atoms with E-state index in [1.165, 1.54) is 19.3 Å². The van der Waals surface area contributed by atoms with Gasteiger partial charge in [-0.25, -0.2) is 0 Å². The van der Waals surface area contributed by atoms with E-state index < -0.39 is 5.97 Å². The number of carbonyl (C=O) groups is 1. The van der Waals surface area contributed by atoms with Crippen molar-refractivity contribution in [3.8, 4) is 5.75 Å². The van der Waals surface area contributed by atoms with Gasteiger partial charge in [-0.1, -0.05) is 36.9 Å². The molecule has 0 spiro atoms. The number of aliphatic carboxylic acids is 1. The lowest BCUT2D eigenvalue weighted by molar-refractivity contribution is -0.137. The molecule has 2 rings (SSSR count). The van der Waals surface area contributed by atoms with Crippen molar-refractivity contribution in [1.29, 1.82) is 0 Å². The van der Waals surface area contributed by atoms with E-state index in [-0.39, 0.29) is 12.3 Å². The summed E-state index contributed by atoms with van der Waals surface area (Å²) in [6.45, 7) is 0. The van der Waals surface area contributed by atoms with Gasteiger partial charge in [0, 0.05) is 0 Å². The predicted molar refractivity (Wildman–Crippen MR) is 79.6 cm³/mol. The van der Waals surface area contributed by atoms with Crippen LogP contribution in [0.15, 0.2) is 18.2 Å². The van der Waals surface area contributed by atoms with Gasteiger partial charge in [-0.3, -0.25) is 4.79 Å². The molecule has 0 amide bonds. The van der Waals surface area contributed by atoms with Gasteiger partial charge in [0.2, 0.25) is 0 Å². The Morgan fingerprint density at radius 1 is 1.40 bits per heavy atom. The van der Waals surface area contributed by atoms with Crippen molar-refractivity contribution in [2.75, 3.05) is 7.11 Å². The van der Waals surface area contributed by atoms with Gasteiger partial charge >= 0.3 is 5.97 Å². The summed E-state index contributed by atoms with van der Waals surface area (Å²) in [5, 5.41) is 9.74. The van der Waals surface area contributed by atoms with Crippen molar-refractivity contribution in [3.05, 3.63) is 28.8 Å². The van der Waals surface area contributed by atoms with E-state index in [0.717, 1.165) is 18.4 Å². The molecule has 1 N–H and O–H groups in total.